The molecule has 1 amide bonds. The minimum Gasteiger partial charge on any atom is -0.495 e. The van der Waals surface area contributed by atoms with Gasteiger partial charge in [-0.15, -0.1) is 0 Å². The number of rotatable bonds is 7. The van der Waals surface area contributed by atoms with Gasteiger partial charge < -0.3 is 19.3 Å². The monoisotopic (exact) mass is 489 g/mol. The number of methoxy groups -OCH3 is 1. The minimum absolute atomic E-state index is 0.0599. The number of benzene rings is 2. The molecule has 8 nitrogen and oxygen atoms in total. The van der Waals surface area contributed by atoms with Crippen molar-refractivity contribution >= 4 is 17.9 Å². The number of carbonyl (C=O) groups excluding carboxylic acids is 1. The fourth-order valence-corrected chi connectivity index (χ4v) is 4.71. The lowest BCUT2D eigenvalue weighted by molar-refractivity contribution is -0.125. The van der Waals surface area contributed by atoms with Gasteiger partial charge in [0.1, 0.15) is 17.3 Å². The first kappa shape index (κ1) is 23.7. The van der Waals surface area contributed by atoms with E-state index in [4.69, 9.17) is 9.73 Å². The molecule has 36 heavy (non-hydrogen) atoms. The van der Waals surface area contributed by atoms with Gasteiger partial charge in [-0.25, -0.2) is 14.4 Å². The van der Waals surface area contributed by atoms with Crippen LogP contribution in [0.25, 0.3) is 11.8 Å². The Kier molecular flexibility index (Phi) is 6.56. The van der Waals surface area contributed by atoms with Crippen LogP contribution in [0, 0.1) is 12.7 Å². The molecule has 9 heteroatoms. The van der Waals surface area contributed by atoms with E-state index in [2.05, 4.69) is 4.98 Å². The Balaban J connectivity index is 1.49. The SMILES string of the molecule is COc1cc(/C=C2\N=C3N(CCCO)CCC(c4ccc(F)cc4)N3C2=O)ccc1-n1cnc(C)c1. The zero-order valence-electron chi connectivity index (χ0n) is 20.3. The molecule has 186 valence electrons. The van der Waals surface area contributed by atoms with E-state index in [1.165, 1.54) is 12.1 Å². The van der Waals surface area contributed by atoms with Crippen LogP contribution in [0.1, 0.15) is 35.7 Å². The van der Waals surface area contributed by atoms with Gasteiger partial charge >= 0.3 is 0 Å². The number of amides is 1. The maximum Gasteiger partial charge on any atom is 0.279 e. The van der Waals surface area contributed by atoms with E-state index < -0.39 is 0 Å². The zero-order valence-corrected chi connectivity index (χ0v) is 20.3. The highest BCUT2D eigenvalue weighted by Crippen LogP contribution is 2.36. The second-order valence-corrected chi connectivity index (χ2v) is 8.89. The summed E-state index contributed by atoms with van der Waals surface area (Å²) >= 11 is 0. The highest BCUT2D eigenvalue weighted by molar-refractivity contribution is 6.14. The van der Waals surface area contributed by atoms with Crippen LogP contribution in [0.15, 0.2) is 65.7 Å². The van der Waals surface area contributed by atoms with Crippen LogP contribution in [0.4, 0.5) is 4.39 Å². The number of carbonyl (C=O) groups is 1. The van der Waals surface area contributed by atoms with Crippen molar-refractivity contribution in [1.82, 2.24) is 19.4 Å². The van der Waals surface area contributed by atoms with E-state index in [1.54, 1.807) is 36.5 Å². The predicted octanol–water partition coefficient (Wildman–Crippen LogP) is 3.70. The highest BCUT2D eigenvalue weighted by atomic mass is 19.1. The fraction of sp³-hybridized carbons (Fsp3) is 0.296. The van der Waals surface area contributed by atoms with Crippen molar-refractivity contribution in [2.24, 2.45) is 4.99 Å². The Morgan fingerprint density at radius 2 is 2.03 bits per heavy atom. The third-order valence-electron chi connectivity index (χ3n) is 6.48. The number of aliphatic hydroxyl groups excluding tert-OH is 1. The fourth-order valence-electron chi connectivity index (χ4n) is 4.71. The topological polar surface area (TPSA) is 83.2 Å². The van der Waals surface area contributed by atoms with Crippen molar-refractivity contribution in [2.75, 3.05) is 26.8 Å². The van der Waals surface area contributed by atoms with Gasteiger partial charge in [0, 0.05) is 25.9 Å². The van der Waals surface area contributed by atoms with Crippen molar-refractivity contribution in [3.63, 3.8) is 0 Å². The summed E-state index contributed by atoms with van der Waals surface area (Å²) in [5, 5.41) is 9.34. The third-order valence-corrected chi connectivity index (χ3v) is 6.48. The normalized spacial score (nSPS) is 18.6. The molecular weight excluding hydrogens is 461 g/mol. The van der Waals surface area contributed by atoms with Crippen LogP contribution in [0.3, 0.4) is 0 Å². The Bertz CT molecular complexity index is 1330. The number of hydrogen-bond acceptors (Lipinski definition) is 6. The molecule has 3 heterocycles. The molecule has 2 aliphatic heterocycles. The molecule has 2 aliphatic rings. The molecule has 0 spiro atoms. The summed E-state index contributed by atoms with van der Waals surface area (Å²) in [6.07, 6.45) is 6.66. The molecule has 1 fully saturated rings. The van der Waals surface area contributed by atoms with E-state index in [0.717, 1.165) is 22.5 Å². The van der Waals surface area contributed by atoms with Crippen molar-refractivity contribution in [3.05, 3.63) is 83.3 Å². The molecule has 1 aromatic heterocycles. The molecule has 3 aromatic rings. The van der Waals surface area contributed by atoms with Gasteiger partial charge in [-0.1, -0.05) is 18.2 Å². The van der Waals surface area contributed by atoms with E-state index >= 15 is 0 Å². The smallest absolute Gasteiger partial charge is 0.279 e. The van der Waals surface area contributed by atoms with Crippen LogP contribution < -0.4 is 4.74 Å². The van der Waals surface area contributed by atoms with Gasteiger partial charge in [0.2, 0.25) is 5.96 Å². The molecule has 1 saturated heterocycles. The van der Waals surface area contributed by atoms with Gasteiger partial charge in [-0.3, -0.25) is 9.69 Å². The number of imidazole rings is 1. The molecule has 0 bridgehead atoms. The first-order chi connectivity index (χ1) is 17.5. The lowest BCUT2D eigenvalue weighted by atomic mass is 9.99. The Hall–Kier alpha value is -3.98. The number of halogens is 1. The summed E-state index contributed by atoms with van der Waals surface area (Å²) < 4.78 is 21.0. The van der Waals surface area contributed by atoms with Gasteiger partial charge in [-0.2, -0.15) is 0 Å². The molecule has 0 radical (unpaired) electrons. The predicted molar refractivity (Wildman–Crippen MR) is 134 cm³/mol. The number of ether oxygens (including phenoxy) is 1. The summed E-state index contributed by atoms with van der Waals surface area (Å²) in [4.78, 5) is 26.3. The summed E-state index contributed by atoms with van der Waals surface area (Å²) in [6, 6.07) is 11.7. The Morgan fingerprint density at radius 1 is 1.22 bits per heavy atom. The lowest BCUT2D eigenvalue weighted by Gasteiger charge is -2.40. The molecule has 0 saturated carbocycles. The van der Waals surface area contributed by atoms with E-state index in [1.807, 2.05) is 40.8 Å². The molecule has 1 N–H and O–H groups in total. The second-order valence-electron chi connectivity index (χ2n) is 8.89. The summed E-state index contributed by atoms with van der Waals surface area (Å²) in [6.45, 7) is 3.26. The van der Waals surface area contributed by atoms with Crippen LogP contribution in [-0.4, -0.2) is 63.1 Å². The van der Waals surface area contributed by atoms with Crippen molar-refractivity contribution in [1.29, 1.82) is 0 Å². The molecular formula is C27H28FN5O3. The number of fused-ring (bicyclic) bond motifs is 1. The first-order valence-corrected chi connectivity index (χ1v) is 11.9. The number of aryl methyl sites for hydroxylation is 1. The van der Waals surface area contributed by atoms with Crippen molar-refractivity contribution in [3.8, 4) is 11.4 Å². The average Bonchev–Trinajstić information content (AvgIpc) is 3.46. The number of aliphatic hydroxyl groups is 1. The van der Waals surface area contributed by atoms with Crippen LogP contribution >= 0.6 is 0 Å². The molecule has 1 atom stereocenters. The van der Waals surface area contributed by atoms with Gasteiger partial charge in [-0.05, 0) is 61.2 Å². The first-order valence-electron chi connectivity index (χ1n) is 11.9. The lowest BCUT2D eigenvalue weighted by Crippen LogP contribution is -2.51. The summed E-state index contributed by atoms with van der Waals surface area (Å²) in [7, 11) is 1.60. The maximum atomic E-state index is 13.6. The number of nitrogens with zero attached hydrogens (tertiary/aromatic N) is 5. The minimum atomic E-state index is -0.315. The standard InChI is InChI=1S/C27H28FN5O3/c1-18-16-32(17-29-18)24-9-4-19(15-25(24)36-2)14-22-26(35)33-23(20-5-7-21(28)8-6-20)10-12-31(11-3-13-34)27(33)30-22/h4-9,14-17,23,34H,3,10-13H2,1-2H3/b22-14-. The van der Waals surface area contributed by atoms with Crippen LogP contribution in [0.2, 0.25) is 0 Å². The summed E-state index contributed by atoms with van der Waals surface area (Å²) in [5.41, 5.74) is 3.70. The van der Waals surface area contributed by atoms with Gasteiger partial charge in [0.15, 0.2) is 0 Å². The molecule has 0 aliphatic carbocycles. The Morgan fingerprint density at radius 3 is 2.72 bits per heavy atom. The van der Waals surface area contributed by atoms with Gasteiger partial charge in [0.25, 0.3) is 5.91 Å². The molecule has 2 aromatic carbocycles. The van der Waals surface area contributed by atoms with Crippen molar-refractivity contribution in [2.45, 2.75) is 25.8 Å². The number of guanidine groups is 1. The van der Waals surface area contributed by atoms with Gasteiger partial charge in [0.05, 0.1) is 30.9 Å². The third kappa shape index (κ3) is 4.49. The Labute approximate surface area is 209 Å². The molecule has 1 unspecified atom stereocenters. The molecule has 5 rings (SSSR count). The number of aromatic nitrogens is 2. The van der Waals surface area contributed by atoms with Crippen molar-refractivity contribution < 1.29 is 19.0 Å². The number of hydrogen-bond donors (Lipinski definition) is 1. The largest absolute Gasteiger partial charge is 0.495 e. The second kappa shape index (κ2) is 9.94. The average molecular weight is 490 g/mol. The highest BCUT2D eigenvalue weighted by Gasteiger charge is 2.42. The summed E-state index contributed by atoms with van der Waals surface area (Å²) in [5.74, 6) is 0.690. The quantitative estimate of drug-likeness (QED) is 0.512. The number of aliphatic imine (C=N–C) groups is 1. The van der Waals surface area contributed by atoms with Crippen LogP contribution in [0.5, 0.6) is 5.75 Å². The van der Waals surface area contributed by atoms with Crippen LogP contribution in [-0.2, 0) is 4.79 Å². The maximum absolute atomic E-state index is 13.6. The zero-order chi connectivity index (χ0) is 25.2. The van der Waals surface area contributed by atoms with E-state index in [0.29, 0.717) is 43.3 Å². The van der Waals surface area contributed by atoms with E-state index in [9.17, 15) is 14.3 Å². The van der Waals surface area contributed by atoms with E-state index in [-0.39, 0.29) is 24.4 Å².